The summed E-state index contributed by atoms with van der Waals surface area (Å²) in [6, 6.07) is 14.4. The first-order chi connectivity index (χ1) is 12.8. The molecule has 1 atom stereocenters. The van der Waals surface area contributed by atoms with Crippen LogP contribution >= 0.6 is 0 Å². The van der Waals surface area contributed by atoms with Crippen molar-refractivity contribution in [2.24, 2.45) is 0 Å². The SMILES string of the molecule is CCC(=O)OC1C#CCCCCC#C/C1=C\c1cccc2ccccc12. The molecule has 1 aliphatic carbocycles. The summed E-state index contributed by atoms with van der Waals surface area (Å²) in [6.07, 6.45) is 5.45. The quantitative estimate of drug-likeness (QED) is 0.571. The molecule has 0 N–H and O–H groups in total. The van der Waals surface area contributed by atoms with Crippen LogP contribution in [0.5, 0.6) is 0 Å². The lowest BCUT2D eigenvalue weighted by atomic mass is 10.00. The van der Waals surface area contributed by atoms with E-state index in [1.807, 2.05) is 24.3 Å². The van der Waals surface area contributed by atoms with Gasteiger partial charge in [0.05, 0.1) is 5.57 Å². The molecule has 0 aliphatic heterocycles. The minimum atomic E-state index is -0.605. The van der Waals surface area contributed by atoms with Crippen molar-refractivity contribution < 1.29 is 9.53 Å². The molecule has 0 fully saturated rings. The van der Waals surface area contributed by atoms with Gasteiger partial charge < -0.3 is 4.74 Å². The molecule has 0 saturated carbocycles. The highest BCUT2D eigenvalue weighted by Gasteiger charge is 2.16. The molecule has 130 valence electrons. The van der Waals surface area contributed by atoms with Crippen LogP contribution in [0.2, 0.25) is 0 Å². The van der Waals surface area contributed by atoms with Gasteiger partial charge in [-0.3, -0.25) is 4.79 Å². The highest BCUT2D eigenvalue weighted by Crippen LogP contribution is 2.22. The maximum absolute atomic E-state index is 11.9. The average molecular weight is 342 g/mol. The van der Waals surface area contributed by atoms with Crippen molar-refractivity contribution in [2.45, 2.75) is 45.1 Å². The fraction of sp³-hybridized carbons (Fsp3) is 0.292. The molecule has 2 nitrogen and oxygen atoms in total. The van der Waals surface area contributed by atoms with Gasteiger partial charge in [0, 0.05) is 19.3 Å². The van der Waals surface area contributed by atoms with Crippen molar-refractivity contribution in [1.29, 1.82) is 0 Å². The van der Waals surface area contributed by atoms with Gasteiger partial charge in [-0.25, -0.2) is 0 Å². The smallest absolute Gasteiger partial charge is 0.307 e. The zero-order valence-corrected chi connectivity index (χ0v) is 15.0. The van der Waals surface area contributed by atoms with E-state index in [9.17, 15) is 4.79 Å². The monoisotopic (exact) mass is 342 g/mol. The van der Waals surface area contributed by atoms with E-state index in [0.29, 0.717) is 6.42 Å². The Morgan fingerprint density at radius 3 is 2.73 bits per heavy atom. The zero-order valence-electron chi connectivity index (χ0n) is 15.0. The molecule has 0 aromatic heterocycles. The van der Waals surface area contributed by atoms with Crippen LogP contribution in [0.1, 0.15) is 44.6 Å². The Kier molecular flexibility index (Phi) is 6.13. The number of esters is 1. The lowest BCUT2D eigenvalue weighted by Gasteiger charge is -2.13. The van der Waals surface area contributed by atoms with Crippen molar-refractivity contribution in [3.05, 3.63) is 53.6 Å². The van der Waals surface area contributed by atoms with Crippen molar-refractivity contribution in [3.63, 3.8) is 0 Å². The number of carbonyl (C=O) groups excluding carboxylic acids is 1. The second-order valence-electron chi connectivity index (χ2n) is 6.22. The van der Waals surface area contributed by atoms with Crippen molar-refractivity contribution in [3.8, 4) is 23.7 Å². The third-order valence-corrected chi connectivity index (χ3v) is 4.27. The summed E-state index contributed by atoms with van der Waals surface area (Å²) in [5.41, 5.74) is 1.81. The lowest BCUT2D eigenvalue weighted by molar-refractivity contribution is -0.144. The Hall–Kier alpha value is -2.97. The normalized spacial score (nSPS) is 18.3. The molecule has 0 bridgehead atoms. The Morgan fingerprint density at radius 1 is 1.12 bits per heavy atom. The van der Waals surface area contributed by atoms with Crippen LogP contribution in [-0.2, 0) is 9.53 Å². The summed E-state index contributed by atoms with van der Waals surface area (Å²) in [6.45, 7) is 1.79. The first-order valence-electron chi connectivity index (χ1n) is 9.14. The van der Waals surface area contributed by atoms with E-state index in [4.69, 9.17) is 4.74 Å². The van der Waals surface area contributed by atoms with Crippen LogP contribution in [0.4, 0.5) is 0 Å². The molecule has 3 rings (SSSR count). The van der Waals surface area contributed by atoms with E-state index in [2.05, 4.69) is 47.9 Å². The molecule has 2 aromatic rings. The number of fused-ring (bicyclic) bond motifs is 1. The molecule has 0 amide bonds. The van der Waals surface area contributed by atoms with Crippen molar-refractivity contribution >= 4 is 22.8 Å². The number of ether oxygens (including phenoxy) is 1. The minimum absolute atomic E-state index is 0.257. The van der Waals surface area contributed by atoms with E-state index in [-0.39, 0.29) is 5.97 Å². The number of carbonyl (C=O) groups is 1. The number of hydrogen-bond acceptors (Lipinski definition) is 2. The van der Waals surface area contributed by atoms with Crippen molar-refractivity contribution in [1.82, 2.24) is 0 Å². The Labute approximate surface area is 155 Å². The van der Waals surface area contributed by atoms with Gasteiger partial charge in [0.15, 0.2) is 6.10 Å². The fourth-order valence-electron chi connectivity index (χ4n) is 2.86. The standard InChI is InChI=1S/C24H22O2/c1-2-24(25)26-23-17-8-6-4-3-5-7-13-21(23)18-20-15-11-14-19-12-9-10-16-22(19)20/h9-12,14-16,18,23H,2-6H2,1H3/b21-18+. The second-order valence-corrected chi connectivity index (χ2v) is 6.22. The third-order valence-electron chi connectivity index (χ3n) is 4.27. The van der Waals surface area contributed by atoms with Gasteiger partial charge in [-0.1, -0.05) is 73.1 Å². The van der Waals surface area contributed by atoms with Crippen molar-refractivity contribution in [2.75, 3.05) is 0 Å². The number of hydrogen-bond donors (Lipinski definition) is 0. The molecule has 0 spiro atoms. The van der Waals surface area contributed by atoms with Crippen LogP contribution in [0.3, 0.4) is 0 Å². The fourth-order valence-corrected chi connectivity index (χ4v) is 2.86. The van der Waals surface area contributed by atoms with Gasteiger partial charge in [-0.05, 0) is 35.3 Å². The Balaban J connectivity index is 2.07. The summed E-state index contributed by atoms with van der Waals surface area (Å²) in [5, 5.41) is 2.32. The van der Waals surface area contributed by atoms with E-state index in [0.717, 1.165) is 42.2 Å². The van der Waals surface area contributed by atoms with Gasteiger partial charge in [0.2, 0.25) is 0 Å². The van der Waals surface area contributed by atoms with Gasteiger partial charge >= 0.3 is 5.97 Å². The molecule has 0 radical (unpaired) electrons. The molecule has 2 heteroatoms. The van der Waals surface area contributed by atoms with E-state index < -0.39 is 6.10 Å². The molecule has 1 aliphatic rings. The van der Waals surface area contributed by atoms with Gasteiger partial charge in [-0.2, -0.15) is 0 Å². The molecule has 2 aromatic carbocycles. The van der Waals surface area contributed by atoms with E-state index in [1.165, 1.54) is 5.39 Å². The number of benzene rings is 2. The Morgan fingerprint density at radius 2 is 1.88 bits per heavy atom. The minimum Gasteiger partial charge on any atom is -0.443 e. The van der Waals surface area contributed by atoms with E-state index in [1.54, 1.807) is 6.92 Å². The predicted molar refractivity (Wildman–Crippen MR) is 106 cm³/mol. The molecular weight excluding hydrogens is 320 g/mol. The third kappa shape index (κ3) is 4.56. The van der Waals surface area contributed by atoms with E-state index >= 15 is 0 Å². The van der Waals surface area contributed by atoms with Crippen LogP contribution in [0.15, 0.2) is 48.0 Å². The molecular formula is C24H22O2. The van der Waals surface area contributed by atoms with Gasteiger partial charge in [0.25, 0.3) is 0 Å². The lowest BCUT2D eigenvalue weighted by Crippen LogP contribution is -2.18. The van der Waals surface area contributed by atoms with Gasteiger partial charge in [-0.15, -0.1) is 0 Å². The molecule has 0 heterocycles. The largest absolute Gasteiger partial charge is 0.443 e. The second kappa shape index (κ2) is 8.93. The summed E-state index contributed by atoms with van der Waals surface area (Å²) >= 11 is 0. The molecule has 0 saturated heterocycles. The average Bonchev–Trinajstić information content (AvgIpc) is 2.68. The summed E-state index contributed by atoms with van der Waals surface area (Å²) in [4.78, 5) is 11.9. The van der Waals surface area contributed by atoms with Gasteiger partial charge in [0.1, 0.15) is 0 Å². The van der Waals surface area contributed by atoms with Crippen LogP contribution in [0.25, 0.3) is 16.8 Å². The molecule has 26 heavy (non-hydrogen) atoms. The number of rotatable bonds is 3. The maximum Gasteiger partial charge on any atom is 0.307 e. The first kappa shape index (κ1) is 17.8. The molecule has 1 unspecified atom stereocenters. The first-order valence-corrected chi connectivity index (χ1v) is 9.14. The zero-order chi connectivity index (χ0) is 18.2. The highest BCUT2D eigenvalue weighted by molar-refractivity contribution is 5.91. The topological polar surface area (TPSA) is 26.3 Å². The summed E-state index contributed by atoms with van der Waals surface area (Å²) in [5.74, 6) is 12.4. The van der Waals surface area contributed by atoms with Crippen LogP contribution < -0.4 is 0 Å². The van der Waals surface area contributed by atoms with Crippen LogP contribution in [-0.4, -0.2) is 12.1 Å². The summed E-state index contributed by atoms with van der Waals surface area (Å²) < 4.78 is 5.59. The predicted octanol–water partition coefficient (Wildman–Crippen LogP) is 5.13. The Bertz CT molecular complexity index is 939. The highest BCUT2D eigenvalue weighted by atomic mass is 16.5. The summed E-state index contributed by atoms with van der Waals surface area (Å²) in [7, 11) is 0. The maximum atomic E-state index is 11.9. The van der Waals surface area contributed by atoms with Crippen LogP contribution in [0, 0.1) is 23.7 Å².